The first-order chi connectivity index (χ1) is 6.81. The maximum atomic E-state index is 11.8. The van der Waals surface area contributed by atoms with E-state index in [0.29, 0.717) is 23.3 Å². The highest BCUT2D eigenvalue weighted by atomic mass is 19.1. The minimum atomic E-state index is -0.579. The van der Waals surface area contributed by atoms with E-state index < -0.39 is 6.67 Å². The number of carbonyl (C=O) groups is 1. The summed E-state index contributed by atoms with van der Waals surface area (Å²) < 4.78 is 21.8. The van der Waals surface area contributed by atoms with Gasteiger partial charge in [0.2, 0.25) is 0 Å². The molecular weight excluding hydrogens is 187 g/mol. The van der Waals surface area contributed by atoms with Crippen LogP contribution in [0, 0.1) is 0 Å². The van der Waals surface area contributed by atoms with E-state index in [1.165, 1.54) is 7.11 Å². The van der Waals surface area contributed by atoms with E-state index in [1.807, 2.05) is 0 Å². The lowest BCUT2D eigenvalue weighted by Gasteiger charge is -2.07. The first-order valence-electron chi connectivity index (χ1n) is 4.13. The summed E-state index contributed by atoms with van der Waals surface area (Å²) >= 11 is 0. The number of alkyl halides is 1. The minimum Gasteiger partial charge on any atom is -0.497 e. The molecule has 0 atom stereocenters. The molecule has 4 heteroatoms. The lowest BCUT2D eigenvalue weighted by molar-refractivity contribution is 0.111. The molecule has 0 amide bonds. The van der Waals surface area contributed by atoms with Crippen molar-refractivity contribution in [3.63, 3.8) is 0 Å². The van der Waals surface area contributed by atoms with Crippen LogP contribution in [0.2, 0.25) is 0 Å². The van der Waals surface area contributed by atoms with Crippen LogP contribution in [0.4, 0.5) is 4.39 Å². The molecule has 0 spiro atoms. The van der Waals surface area contributed by atoms with Crippen LogP contribution in [0.25, 0.3) is 0 Å². The molecule has 0 N–H and O–H groups in total. The summed E-state index contributed by atoms with van der Waals surface area (Å²) in [7, 11) is 1.51. The zero-order chi connectivity index (χ0) is 10.4. The average Bonchev–Trinajstić information content (AvgIpc) is 2.26. The van der Waals surface area contributed by atoms with Crippen molar-refractivity contribution in [1.29, 1.82) is 0 Å². The van der Waals surface area contributed by atoms with Gasteiger partial charge in [-0.2, -0.15) is 0 Å². The van der Waals surface area contributed by atoms with Gasteiger partial charge >= 0.3 is 0 Å². The summed E-state index contributed by atoms with van der Waals surface area (Å²) in [4.78, 5) is 10.6. The second-order valence-corrected chi connectivity index (χ2v) is 2.56. The molecule has 0 saturated carbocycles. The molecular formula is C10H11FO3. The molecule has 3 nitrogen and oxygen atoms in total. The summed E-state index contributed by atoms with van der Waals surface area (Å²) in [6.45, 7) is -0.627. The number of halogens is 1. The van der Waals surface area contributed by atoms with E-state index in [0.717, 1.165) is 0 Å². The normalized spacial score (nSPS) is 9.57. The van der Waals surface area contributed by atoms with Gasteiger partial charge in [0.25, 0.3) is 0 Å². The van der Waals surface area contributed by atoms with Gasteiger partial charge in [-0.05, 0) is 18.2 Å². The van der Waals surface area contributed by atoms with Crippen molar-refractivity contribution in [3.05, 3.63) is 23.8 Å². The molecule has 0 heterocycles. The van der Waals surface area contributed by atoms with Crippen LogP contribution in [-0.2, 0) is 0 Å². The molecule has 0 aliphatic rings. The number of hydrogen-bond acceptors (Lipinski definition) is 3. The molecule has 0 fully saturated rings. The lowest BCUT2D eigenvalue weighted by atomic mass is 10.2. The summed E-state index contributed by atoms with van der Waals surface area (Å²) in [5, 5.41) is 0. The van der Waals surface area contributed by atoms with Crippen molar-refractivity contribution in [2.75, 3.05) is 20.4 Å². The highest BCUT2D eigenvalue weighted by molar-refractivity contribution is 5.80. The molecule has 1 rings (SSSR count). The Morgan fingerprint density at radius 1 is 1.50 bits per heavy atom. The summed E-state index contributed by atoms with van der Waals surface area (Å²) in [5.74, 6) is 0.943. The number of rotatable bonds is 5. The van der Waals surface area contributed by atoms with Gasteiger partial charge in [0.05, 0.1) is 12.7 Å². The Balaban J connectivity index is 2.87. The smallest absolute Gasteiger partial charge is 0.153 e. The van der Waals surface area contributed by atoms with Crippen molar-refractivity contribution in [2.24, 2.45) is 0 Å². The molecule has 1 aromatic carbocycles. The summed E-state index contributed by atoms with van der Waals surface area (Å²) in [6.07, 6.45) is 0.649. The summed E-state index contributed by atoms with van der Waals surface area (Å²) in [6, 6.07) is 4.78. The maximum Gasteiger partial charge on any atom is 0.153 e. The zero-order valence-corrected chi connectivity index (χ0v) is 7.83. The van der Waals surface area contributed by atoms with E-state index in [-0.39, 0.29) is 6.61 Å². The van der Waals surface area contributed by atoms with Crippen LogP contribution in [-0.4, -0.2) is 26.7 Å². The van der Waals surface area contributed by atoms with Gasteiger partial charge < -0.3 is 9.47 Å². The molecule has 76 valence electrons. The number of methoxy groups -OCH3 is 1. The SMILES string of the molecule is COc1ccc(OCCF)c(C=O)c1. The van der Waals surface area contributed by atoms with Crippen molar-refractivity contribution >= 4 is 6.29 Å². The number of ether oxygens (including phenoxy) is 2. The largest absolute Gasteiger partial charge is 0.497 e. The minimum absolute atomic E-state index is 0.0484. The van der Waals surface area contributed by atoms with Gasteiger partial charge in [0.1, 0.15) is 24.8 Å². The molecule has 1 aromatic rings. The number of benzene rings is 1. The van der Waals surface area contributed by atoms with Gasteiger partial charge in [-0.25, -0.2) is 4.39 Å². The fourth-order valence-corrected chi connectivity index (χ4v) is 1.03. The van der Waals surface area contributed by atoms with E-state index in [2.05, 4.69) is 0 Å². The van der Waals surface area contributed by atoms with Crippen molar-refractivity contribution in [1.82, 2.24) is 0 Å². The fourth-order valence-electron chi connectivity index (χ4n) is 1.03. The Bertz CT molecular complexity index is 312. The first-order valence-corrected chi connectivity index (χ1v) is 4.13. The van der Waals surface area contributed by atoms with Crippen molar-refractivity contribution in [2.45, 2.75) is 0 Å². The van der Waals surface area contributed by atoms with Crippen LogP contribution in [0.3, 0.4) is 0 Å². The van der Waals surface area contributed by atoms with Crippen molar-refractivity contribution in [3.8, 4) is 11.5 Å². The average molecular weight is 198 g/mol. The predicted octanol–water partition coefficient (Wildman–Crippen LogP) is 1.86. The molecule has 0 aliphatic heterocycles. The molecule has 0 radical (unpaired) electrons. The second-order valence-electron chi connectivity index (χ2n) is 2.56. The van der Waals surface area contributed by atoms with Crippen LogP contribution >= 0.6 is 0 Å². The van der Waals surface area contributed by atoms with Gasteiger partial charge in [-0.15, -0.1) is 0 Å². The number of carbonyl (C=O) groups excluding carboxylic acids is 1. The third-order valence-electron chi connectivity index (χ3n) is 1.68. The Morgan fingerprint density at radius 3 is 2.86 bits per heavy atom. The zero-order valence-electron chi connectivity index (χ0n) is 7.83. The molecule has 0 bridgehead atoms. The number of hydrogen-bond donors (Lipinski definition) is 0. The van der Waals surface area contributed by atoms with Crippen LogP contribution in [0.1, 0.15) is 10.4 Å². The van der Waals surface area contributed by atoms with Crippen LogP contribution < -0.4 is 9.47 Å². The monoisotopic (exact) mass is 198 g/mol. The van der Waals surface area contributed by atoms with Gasteiger partial charge in [-0.1, -0.05) is 0 Å². The maximum absolute atomic E-state index is 11.8. The fraction of sp³-hybridized carbons (Fsp3) is 0.300. The van der Waals surface area contributed by atoms with Gasteiger partial charge in [0.15, 0.2) is 6.29 Å². The van der Waals surface area contributed by atoms with E-state index in [1.54, 1.807) is 18.2 Å². The highest BCUT2D eigenvalue weighted by Crippen LogP contribution is 2.22. The lowest BCUT2D eigenvalue weighted by Crippen LogP contribution is -2.01. The van der Waals surface area contributed by atoms with E-state index >= 15 is 0 Å². The third kappa shape index (κ3) is 2.45. The van der Waals surface area contributed by atoms with Crippen LogP contribution in [0.5, 0.6) is 11.5 Å². The van der Waals surface area contributed by atoms with E-state index in [9.17, 15) is 9.18 Å². The Hall–Kier alpha value is -1.58. The Labute approximate surface area is 81.4 Å². The highest BCUT2D eigenvalue weighted by Gasteiger charge is 2.04. The number of aldehydes is 1. The summed E-state index contributed by atoms with van der Waals surface area (Å²) in [5.41, 5.74) is 0.359. The molecule has 0 unspecified atom stereocenters. The third-order valence-corrected chi connectivity index (χ3v) is 1.68. The molecule has 14 heavy (non-hydrogen) atoms. The Morgan fingerprint density at radius 2 is 2.29 bits per heavy atom. The van der Waals surface area contributed by atoms with Gasteiger partial charge in [0, 0.05) is 0 Å². The van der Waals surface area contributed by atoms with E-state index in [4.69, 9.17) is 9.47 Å². The second kappa shape index (κ2) is 5.21. The molecule has 0 aromatic heterocycles. The quantitative estimate of drug-likeness (QED) is 0.677. The molecule has 0 saturated heterocycles. The standard InChI is InChI=1S/C10H11FO3/c1-13-9-2-3-10(14-5-4-11)8(6-9)7-12/h2-3,6-7H,4-5H2,1H3. The molecule has 0 aliphatic carbocycles. The first kappa shape index (κ1) is 10.5. The Kier molecular flexibility index (Phi) is 3.91. The predicted molar refractivity (Wildman–Crippen MR) is 49.9 cm³/mol. The van der Waals surface area contributed by atoms with Crippen molar-refractivity contribution < 1.29 is 18.7 Å². The van der Waals surface area contributed by atoms with Gasteiger partial charge in [-0.3, -0.25) is 4.79 Å². The van der Waals surface area contributed by atoms with Crippen LogP contribution in [0.15, 0.2) is 18.2 Å². The topological polar surface area (TPSA) is 35.5 Å².